The number of phosphoric ester groups is 1. The first-order chi connectivity index (χ1) is 10.6. The lowest BCUT2D eigenvalue weighted by Crippen LogP contribution is -2.04. The largest absolute Gasteiger partial charge is 0.476 e. The number of hydrogen-bond donors (Lipinski definition) is 0. The lowest BCUT2D eigenvalue weighted by atomic mass is 10.2. The second kappa shape index (κ2) is 8.79. The lowest BCUT2D eigenvalue weighted by molar-refractivity contribution is 0.103. The third kappa shape index (κ3) is 6.18. The molecule has 2 aromatic carbocycles. The van der Waals surface area contributed by atoms with Gasteiger partial charge in [0.1, 0.15) is 4.11 Å². The number of phosphoric acid groups is 1. The van der Waals surface area contributed by atoms with E-state index in [1.807, 2.05) is 83.3 Å². The fraction of sp³-hybridized carbons (Fsp3) is 0.250. The summed E-state index contributed by atoms with van der Waals surface area (Å²) in [6.07, 6.45) is 0. The van der Waals surface area contributed by atoms with Crippen LogP contribution in [0.3, 0.4) is 0 Å². The molecule has 0 aliphatic rings. The standard InChI is InChI=1S/C16H18IO4P/c1-14(17)21-22(18,19-12-15-8-4-2-5-9-15)20-13-16-10-6-3-7-11-16/h2-11,14H,12-13H2,1H3. The molecule has 22 heavy (non-hydrogen) atoms. The molecule has 0 bridgehead atoms. The molecule has 0 spiro atoms. The van der Waals surface area contributed by atoms with Crippen LogP contribution < -0.4 is 0 Å². The number of halogens is 1. The normalized spacial score (nSPS) is 13.0. The van der Waals surface area contributed by atoms with Gasteiger partial charge < -0.3 is 0 Å². The quantitative estimate of drug-likeness (QED) is 0.322. The Labute approximate surface area is 144 Å². The molecule has 0 heterocycles. The summed E-state index contributed by atoms with van der Waals surface area (Å²) >= 11 is 2.02. The summed E-state index contributed by atoms with van der Waals surface area (Å²) in [5.41, 5.74) is 1.83. The van der Waals surface area contributed by atoms with E-state index in [0.717, 1.165) is 11.1 Å². The Kier molecular flexibility index (Phi) is 7.05. The predicted molar refractivity (Wildman–Crippen MR) is 94.6 cm³/mol. The van der Waals surface area contributed by atoms with Crippen LogP contribution in [-0.4, -0.2) is 4.11 Å². The zero-order valence-electron chi connectivity index (χ0n) is 12.2. The molecule has 0 saturated carbocycles. The van der Waals surface area contributed by atoms with Crippen LogP contribution in [-0.2, 0) is 31.4 Å². The van der Waals surface area contributed by atoms with Gasteiger partial charge in [0.15, 0.2) is 0 Å². The van der Waals surface area contributed by atoms with Gasteiger partial charge in [-0.25, -0.2) is 4.57 Å². The summed E-state index contributed by atoms with van der Waals surface area (Å²) in [6.45, 7) is 2.14. The predicted octanol–water partition coefficient (Wildman–Crippen LogP) is 5.33. The first kappa shape index (κ1) is 17.6. The molecule has 0 N–H and O–H groups in total. The fourth-order valence-electron chi connectivity index (χ4n) is 1.73. The summed E-state index contributed by atoms with van der Waals surface area (Å²) in [7, 11) is -3.61. The second-order valence-electron chi connectivity index (χ2n) is 4.61. The Morgan fingerprint density at radius 3 is 1.68 bits per heavy atom. The fourth-order valence-corrected chi connectivity index (χ4v) is 3.73. The Morgan fingerprint density at radius 1 is 0.909 bits per heavy atom. The summed E-state index contributed by atoms with van der Waals surface area (Å²) in [4.78, 5) is 0. The monoisotopic (exact) mass is 432 g/mol. The lowest BCUT2D eigenvalue weighted by Gasteiger charge is -2.19. The van der Waals surface area contributed by atoms with E-state index in [0.29, 0.717) is 0 Å². The van der Waals surface area contributed by atoms with Crippen molar-refractivity contribution in [2.75, 3.05) is 0 Å². The van der Waals surface area contributed by atoms with Gasteiger partial charge in [0.05, 0.1) is 13.2 Å². The van der Waals surface area contributed by atoms with Gasteiger partial charge in [-0.1, -0.05) is 83.3 Å². The van der Waals surface area contributed by atoms with Gasteiger partial charge in [0.2, 0.25) is 0 Å². The molecule has 0 saturated heterocycles. The van der Waals surface area contributed by atoms with E-state index in [1.165, 1.54) is 0 Å². The highest BCUT2D eigenvalue weighted by molar-refractivity contribution is 14.1. The third-order valence-electron chi connectivity index (χ3n) is 2.74. The first-order valence-electron chi connectivity index (χ1n) is 6.87. The molecule has 0 aliphatic heterocycles. The maximum Gasteiger partial charge on any atom is 0.476 e. The van der Waals surface area contributed by atoms with Gasteiger partial charge in [-0.3, -0.25) is 13.6 Å². The van der Waals surface area contributed by atoms with Gasteiger partial charge in [-0.05, 0) is 18.1 Å². The summed E-state index contributed by atoms with van der Waals surface area (Å²) in [6, 6.07) is 19.0. The van der Waals surface area contributed by atoms with Crippen LogP contribution in [0.1, 0.15) is 18.1 Å². The van der Waals surface area contributed by atoms with Gasteiger partial charge in [0.25, 0.3) is 0 Å². The van der Waals surface area contributed by atoms with E-state index in [-0.39, 0.29) is 17.3 Å². The summed E-state index contributed by atoms with van der Waals surface area (Å²) in [5, 5.41) is 0. The molecule has 0 amide bonds. The van der Waals surface area contributed by atoms with E-state index in [1.54, 1.807) is 6.92 Å². The highest BCUT2D eigenvalue weighted by Gasteiger charge is 2.29. The molecular weight excluding hydrogens is 414 g/mol. The molecule has 0 fully saturated rings. The van der Waals surface area contributed by atoms with Crippen LogP contribution in [0, 0.1) is 0 Å². The third-order valence-corrected chi connectivity index (χ3v) is 4.86. The highest BCUT2D eigenvalue weighted by atomic mass is 127. The van der Waals surface area contributed by atoms with Crippen molar-refractivity contribution in [3.8, 4) is 0 Å². The number of benzene rings is 2. The van der Waals surface area contributed by atoms with Crippen molar-refractivity contribution in [2.45, 2.75) is 24.2 Å². The maximum absolute atomic E-state index is 12.7. The molecule has 2 aromatic rings. The van der Waals surface area contributed by atoms with Gasteiger partial charge >= 0.3 is 7.82 Å². The molecule has 4 nitrogen and oxygen atoms in total. The van der Waals surface area contributed by atoms with Crippen LogP contribution >= 0.6 is 30.4 Å². The number of alkyl halides is 1. The van der Waals surface area contributed by atoms with Crippen molar-refractivity contribution in [1.82, 2.24) is 0 Å². The van der Waals surface area contributed by atoms with E-state index >= 15 is 0 Å². The molecule has 118 valence electrons. The topological polar surface area (TPSA) is 44.8 Å². The zero-order valence-corrected chi connectivity index (χ0v) is 15.3. The average Bonchev–Trinajstić information content (AvgIpc) is 2.53. The molecule has 0 aliphatic carbocycles. The Bertz CT molecular complexity index is 557. The van der Waals surface area contributed by atoms with Crippen molar-refractivity contribution >= 4 is 30.4 Å². The van der Waals surface area contributed by atoms with Gasteiger partial charge in [-0.2, -0.15) is 0 Å². The SMILES string of the molecule is CC(I)OP(=O)(OCc1ccccc1)OCc1ccccc1. The Hall–Kier alpha value is -0.720. The molecule has 0 radical (unpaired) electrons. The zero-order chi connectivity index (χ0) is 15.8. The van der Waals surface area contributed by atoms with Gasteiger partial charge in [0, 0.05) is 0 Å². The van der Waals surface area contributed by atoms with Crippen LogP contribution in [0.2, 0.25) is 0 Å². The molecule has 2 rings (SSSR count). The van der Waals surface area contributed by atoms with E-state index in [4.69, 9.17) is 13.6 Å². The van der Waals surface area contributed by atoms with Crippen molar-refractivity contribution in [3.05, 3.63) is 71.8 Å². The first-order valence-corrected chi connectivity index (χ1v) is 9.57. The smallest absolute Gasteiger partial charge is 0.282 e. The molecule has 0 aromatic heterocycles. The van der Waals surface area contributed by atoms with Crippen LogP contribution in [0.25, 0.3) is 0 Å². The second-order valence-corrected chi connectivity index (χ2v) is 7.99. The molecule has 1 unspecified atom stereocenters. The van der Waals surface area contributed by atoms with E-state index in [9.17, 15) is 4.57 Å². The minimum absolute atomic E-state index is 0.177. The van der Waals surface area contributed by atoms with Crippen LogP contribution in [0.15, 0.2) is 60.7 Å². The minimum atomic E-state index is -3.61. The maximum atomic E-state index is 12.7. The van der Waals surface area contributed by atoms with E-state index in [2.05, 4.69) is 0 Å². The van der Waals surface area contributed by atoms with Crippen molar-refractivity contribution in [1.29, 1.82) is 0 Å². The Morgan fingerprint density at radius 2 is 1.32 bits per heavy atom. The van der Waals surface area contributed by atoms with Gasteiger partial charge in [-0.15, -0.1) is 0 Å². The van der Waals surface area contributed by atoms with Crippen molar-refractivity contribution < 1.29 is 18.1 Å². The van der Waals surface area contributed by atoms with Crippen molar-refractivity contribution in [2.24, 2.45) is 0 Å². The molecular formula is C16H18IO4P. The Balaban J connectivity index is 1.98. The highest BCUT2D eigenvalue weighted by Crippen LogP contribution is 2.52. The summed E-state index contributed by atoms with van der Waals surface area (Å²) in [5.74, 6) is 0. The average molecular weight is 432 g/mol. The minimum Gasteiger partial charge on any atom is -0.282 e. The van der Waals surface area contributed by atoms with Crippen LogP contribution in [0.5, 0.6) is 0 Å². The number of rotatable bonds is 8. The van der Waals surface area contributed by atoms with Crippen LogP contribution in [0.4, 0.5) is 0 Å². The number of hydrogen-bond acceptors (Lipinski definition) is 4. The van der Waals surface area contributed by atoms with E-state index < -0.39 is 7.82 Å². The summed E-state index contributed by atoms with van der Waals surface area (Å²) < 4.78 is 28.7. The molecule has 6 heteroatoms. The van der Waals surface area contributed by atoms with Crippen molar-refractivity contribution in [3.63, 3.8) is 0 Å². The molecule has 1 atom stereocenters.